The van der Waals surface area contributed by atoms with Crippen molar-refractivity contribution in [3.05, 3.63) is 53.2 Å². The number of nitrogens with zero attached hydrogens (tertiary/aromatic N) is 3. The second kappa shape index (κ2) is 8.10. The maximum atomic E-state index is 12.1. The minimum Gasteiger partial charge on any atom is -0.439 e. The molecule has 3 heterocycles. The van der Waals surface area contributed by atoms with Crippen molar-refractivity contribution in [2.24, 2.45) is 5.73 Å². The molecule has 1 aromatic carbocycles. The molecule has 0 aliphatic carbocycles. The zero-order valence-corrected chi connectivity index (χ0v) is 16.4. The minimum atomic E-state index is -0.599. The van der Waals surface area contributed by atoms with Crippen LogP contribution in [-0.2, 0) is 0 Å². The van der Waals surface area contributed by atoms with Crippen molar-refractivity contribution >= 4 is 23.3 Å². The zero-order chi connectivity index (χ0) is 20.4. The van der Waals surface area contributed by atoms with E-state index in [4.69, 9.17) is 27.8 Å². The van der Waals surface area contributed by atoms with Gasteiger partial charge in [-0.3, -0.25) is 4.79 Å². The number of pyridine rings is 1. The highest BCUT2D eigenvalue weighted by molar-refractivity contribution is 6.30. The number of aromatic nitrogens is 3. The Hall–Kier alpha value is -3.10. The van der Waals surface area contributed by atoms with E-state index in [1.54, 1.807) is 28.9 Å². The lowest BCUT2D eigenvalue weighted by Gasteiger charge is -2.23. The van der Waals surface area contributed by atoms with Gasteiger partial charge in [0.1, 0.15) is 22.8 Å². The molecule has 1 unspecified atom stereocenters. The Morgan fingerprint density at radius 1 is 1.24 bits per heavy atom. The van der Waals surface area contributed by atoms with Crippen molar-refractivity contribution in [2.45, 2.75) is 18.9 Å². The van der Waals surface area contributed by atoms with Crippen LogP contribution in [0.4, 0.5) is 5.82 Å². The molecule has 1 saturated heterocycles. The lowest BCUT2D eigenvalue weighted by atomic mass is 10.1. The molecule has 3 aromatic rings. The molecule has 1 aliphatic heterocycles. The highest BCUT2D eigenvalue weighted by Crippen LogP contribution is 2.32. The van der Waals surface area contributed by atoms with Gasteiger partial charge in [-0.05, 0) is 49.7 Å². The fraction of sp³-hybridized carbons (Fsp3) is 0.250. The van der Waals surface area contributed by atoms with Crippen molar-refractivity contribution in [3.8, 4) is 22.9 Å². The van der Waals surface area contributed by atoms with Crippen LogP contribution < -0.4 is 21.5 Å². The Morgan fingerprint density at radius 2 is 2.03 bits per heavy atom. The van der Waals surface area contributed by atoms with Crippen LogP contribution in [0.2, 0.25) is 5.02 Å². The summed E-state index contributed by atoms with van der Waals surface area (Å²) in [5.74, 6) is 0.719. The number of ether oxygens (including phenoxy) is 1. The number of nitrogens with one attached hydrogen (secondary N) is 1. The van der Waals surface area contributed by atoms with E-state index in [1.807, 2.05) is 12.1 Å². The van der Waals surface area contributed by atoms with Crippen LogP contribution in [0.15, 0.2) is 42.6 Å². The normalized spacial score (nSPS) is 16.5. The Bertz CT molecular complexity index is 1010. The molecule has 1 aliphatic rings. The lowest BCUT2D eigenvalue weighted by molar-refractivity contribution is 0.100. The molecule has 29 heavy (non-hydrogen) atoms. The first-order valence-electron chi connectivity index (χ1n) is 9.31. The van der Waals surface area contributed by atoms with Crippen LogP contribution in [0.5, 0.6) is 11.6 Å². The van der Waals surface area contributed by atoms with Crippen molar-refractivity contribution < 1.29 is 9.53 Å². The van der Waals surface area contributed by atoms with E-state index < -0.39 is 5.91 Å². The largest absolute Gasteiger partial charge is 0.439 e. The molecule has 8 nitrogen and oxygen atoms in total. The van der Waals surface area contributed by atoms with E-state index in [0.717, 1.165) is 31.5 Å². The van der Waals surface area contributed by atoms with Gasteiger partial charge in [0.15, 0.2) is 0 Å². The molecular formula is C20H21ClN6O2. The average molecular weight is 413 g/mol. The average Bonchev–Trinajstić information content (AvgIpc) is 3.08. The van der Waals surface area contributed by atoms with E-state index in [-0.39, 0.29) is 11.6 Å². The SMILES string of the molecule is NC(=O)c1c(-c2ccc(Oc3ccc(Cl)cn3)cc2)nn(C2CCCNC2)c1N. The second-order valence-electron chi connectivity index (χ2n) is 6.86. The van der Waals surface area contributed by atoms with Gasteiger partial charge in [-0.15, -0.1) is 0 Å². The Morgan fingerprint density at radius 3 is 2.66 bits per heavy atom. The quantitative estimate of drug-likeness (QED) is 0.592. The van der Waals surface area contributed by atoms with Gasteiger partial charge in [0.05, 0.1) is 11.1 Å². The van der Waals surface area contributed by atoms with Crippen LogP contribution in [0.1, 0.15) is 29.2 Å². The summed E-state index contributed by atoms with van der Waals surface area (Å²) in [4.78, 5) is 16.2. The number of nitrogens with two attached hydrogens (primary N) is 2. The summed E-state index contributed by atoms with van der Waals surface area (Å²) in [6.07, 6.45) is 3.48. The number of primary amides is 1. The maximum absolute atomic E-state index is 12.1. The summed E-state index contributed by atoms with van der Waals surface area (Å²) < 4.78 is 7.42. The molecule has 1 atom stereocenters. The third kappa shape index (κ3) is 4.03. The summed E-state index contributed by atoms with van der Waals surface area (Å²) in [6.45, 7) is 1.72. The molecule has 1 amide bonds. The third-order valence-corrected chi connectivity index (χ3v) is 5.08. The number of anilines is 1. The first-order valence-corrected chi connectivity index (χ1v) is 9.69. The Labute approximate surface area is 172 Å². The van der Waals surface area contributed by atoms with Gasteiger partial charge < -0.3 is 21.5 Å². The molecule has 0 bridgehead atoms. The van der Waals surface area contributed by atoms with Crippen molar-refractivity contribution in [3.63, 3.8) is 0 Å². The molecule has 150 valence electrons. The summed E-state index contributed by atoms with van der Waals surface area (Å²) in [5, 5.41) is 8.50. The van der Waals surface area contributed by atoms with Crippen LogP contribution in [-0.4, -0.2) is 33.8 Å². The minimum absolute atomic E-state index is 0.0918. The van der Waals surface area contributed by atoms with Crippen molar-refractivity contribution in [1.29, 1.82) is 0 Å². The number of nitrogen functional groups attached to an aromatic ring is 1. The first-order chi connectivity index (χ1) is 14.0. The highest BCUT2D eigenvalue weighted by Gasteiger charge is 2.26. The van der Waals surface area contributed by atoms with Gasteiger partial charge in [0.2, 0.25) is 5.88 Å². The predicted octanol–water partition coefficient (Wildman–Crippen LogP) is 3.00. The Kier molecular flexibility index (Phi) is 5.37. The predicted molar refractivity (Wildman–Crippen MR) is 111 cm³/mol. The smallest absolute Gasteiger partial charge is 0.254 e. The first kappa shape index (κ1) is 19.2. The summed E-state index contributed by atoms with van der Waals surface area (Å²) >= 11 is 5.84. The number of amides is 1. The van der Waals surface area contributed by atoms with Gasteiger partial charge >= 0.3 is 0 Å². The van der Waals surface area contributed by atoms with E-state index in [2.05, 4.69) is 15.4 Å². The van der Waals surface area contributed by atoms with E-state index in [9.17, 15) is 4.79 Å². The molecule has 1 fully saturated rings. The second-order valence-corrected chi connectivity index (χ2v) is 7.30. The van der Waals surface area contributed by atoms with Gasteiger partial charge in [-0.1, -0.05) is 11.6 Å². The van der Waals surface area contributed by atoms with Crippen LogP contribution in [0, 0.1) is 0 Å². The molecule has 9 heteroatoms. The molecule has 5 N–H and O–H groups in total. The van der Waals surface area contributed by atoms with Crippen LogP contribution >= 0.6 is 11.6 Å². The lowest BCUT2D eigenvalue weighted by Crippen LogP contribution is -2.32. The standard InChI is InChI=1S/C20H21ClN6O2/c21-13-5-8-16(25-10-13)29-15-6-3-12(4-7-15)18-17(20(23)28)19(22)27(26-18)14-2-1-9-24-11-14/h3-8,10,14,24H,1-2,9,11,22H2,(H2,23,28). The number of benzene rings is 1. The number of hydrogen-bond donors (Lipinski definition) is 3. The van der Waals surface area contributed by atoms with Gasteiger partial charge in [0.25, 0.3) is 5.91 Å². The molecular weight excluding hydrogens is 392 g/mol. The van der Waals surface area contributed by atoms with E-state index in [0.29, 0.717) is 28.2 Å². The summed E-state index contributed by atoms with van der Waals surface area (Å²) in [6, 6.07) is 10.6. The topological polar surface area (TPSA) is 121 Å². The number of halogens is 1. The summed E-state index contributed by atoms with van der Waals surface area (Å²) in [7, 11) is 0. The Balaban J connectivity index is 1.63. The maximum Gasteiger partial charge on any atom is 0.254 e. The third-order valence-electron chi connectivity index (χ3n) is 4.86. The number of carbonyl (C=O) groups is 1. The fourth-order valence-corrected chi connectivity index (χ4v) is 3.55. The molecule has 0 spiro atoms. The summed E-state index contributed by atoms with van der Waals surface area (Å²) in [5.41, 5.74) is 13.3. The zero-order valence-electron chi connectivity index (χ0n) is 15.6. The fourth-order valence-electron chi connectivity index (χ4n) is 3.44. The van der Waals surface area contributed by atoms with Crippen molar-refractivity contribution in [1.82, 2.24) is 20.1 Å². The number of rotatable bonds is 5. The molecule has 0 radical (unpaired) electrons. The molecule has 2 aromatic heterocycles. The van der Waals surface area contributed by atoms with Crippen LogP contribution in [0.25, 0.3) is 11.3 Å². The highest BCUT2D eigenvalue weighted by atomic mass is 35.5. The van der Waals surface area contributed by atoms with Crippen molar-refractivity contribution in [2.75, 3.05) is 18.8 Å². The molecule has 0 saturated carbocycles. The molecule has 4 rings (SSSR count). The van der Waals surface area contributed by atoms with E-state index in [1.165, 1.54) is 6.20 Å². The monoisotopic (exact) mass is 412 g/mol. The van der Waals surface area contributed by atoms with Gasteiger partial charge in [-0.2, -0.15) is 5.10 Å². The van der Waals surface area contributed by atoms with E-state index >= 15 is 0 Å². The number of piperidine rings is 1. The van der Waals surface area contributed by atoms with Gasteiger partial charge in [0, 0.05) is 24.4 Å². The van der Waals surface area contributed by atoms with Crippen LogP contribution in [0.3, 0.4) is 0 Å². The van der Waals surface area contributed by atoms with Gasteiger partial charge in [-0.25, -0.2) is 9.67 Å². The number of carbonyl (C=O) groups excluding carboxylic acids is 1. The number of hydrogen-bond acceptors (Lipinski definition) is 6.